The van der Waals surface area contributed by atoms with Crippen LogP contribution < -0.4 is 0 Å². The van der Waals surface area contributed by atoms with Crippen molar-refractivity contribution < 1.29 is 38.2 Å². The molecule has 4 nitrogen and oxygen atoms in total. The summed E-state index contributed by atoms with van der Waals surface area (Å²) in [5.41, 5.74) is 0. The summed E-state index contributed by atoms with van der Waals surface area (Å²) in [5.74, 6) is 0. The Morgan fingerprint density at radius 2 is 1.00 bits per heavy atom. The Labute approximate surface area is 125 Å². The van der Waals surface area contributed by atoms with E-state index in [1.54, 1.807) is 0 Å². The average molecular weight is 459 g/mol. The zero-order valence-corrected chi connectivity index (χ0v) is 15.1. The van der Waals surface area contributed by atoms with Crippen molar-refractivity contribution in [3.05, 3.63) is 0 Å². The number of phosphoric ester groups is 1. The van der Waals surface area contributed by atoms with Crippen LogP contribution in [0.5, 0.6) is 0 Å². The third kappa shape index (κ3) is 11.8. The maximum atomic E-state index is 12.2. The molecule has 0 heterocycles. The second-order valence-corrected chi connectivity index (χ2v) is 5.68. The Bertz CT molecular complexity index is 181. The molecular weight excluding hydrogens is 431 g/mol. The van der Waals surface area contributed by atoms with Crippen LogP contribution >= 0.6 is 7.82 Å². The monoisotopic (exact) mass is 459 g/mol. The average Bonchev–Trinajstić information content (AvgIpc) is 2.30. The summed E-state index contributed by atoms with van der Waals surface area (Å²) in [6.07, 6.45) is 5.63. The first-order valence-electron chi connectivity index (χ1n) is 6.72. The first-order chi connectivity index (χ1) is 8.18. The van der Waals surface area contributed by atoms with Crippen LogP contribution in [0.4, 0.5) is 0 Å². The minimum atomic E-state index is -3.31. The van der Waals surface area contributed by atoms with Crippen molar-refractivity contribution in [2.45, 2.75) is 59.3 Å². The summed E-state index contributed by atoms with van der Waals surface area (Å²) in [5, 5.41) is 0. The summed E-state index contributed by atoms with van der Waals surface area (Å²) in [6, 6.07) is 0. The molecule has 0 bridgehead atoms. The molecule has 0 aromatic heterocycles. The van der Waals surface area contributed by atoms with Crippen LogP contribution in [0.15, 0.2) is 0 Å². The molecule has 0 fully saturated rings. The van der Waals surface area contributed by atoms with Crippen LogP contribution in [-0.2, 0) is 38.2 Å². The molecule has 0 amide bonds. The van der Waals surface area contributed by atoms with E-state index in [0.29, 0.717) is 19.8 Å². The number of phosphoric acid groups is 1. The van der Waals surface area contributed by atoms with Gasteiger partial charge in [-0.2, -0.15) is 0 Å². The van der Waals surface area contributed by atoms with Crippen molar-refractivity contribution in [3.63, 3.8) is 0 Å². The summed E-state index contributed by atoms with van der Waals surface area (Å²) in [7, 11) is -3.31. The molecule has 6 heteroatoms. The van der Waals surface area contributed by atoms with E-state index in [0.717, 1.165) is 38.5 Å². The van der Waals surface area contributed by atoms with Gasteiger partial charge in [0.15, 0.2) is 0 Å². The molecule has 0 N–H and O–H groups in total. The molecule has 1 radical (unpaired) electrons. The quantitative estimate of drug-likeness (QED) is 0.318. The zero-order valence-electron chi connectivity index (χ0n) is 11.8. The van der Waals surface area contributed by atoms with Gasteiger partial charge in [0.2, 0.25) is 0 Å². The summed E-state index contributed by atoms with van der Waals surface area (Å²) in [4.78, 5) is 0. The standard InChI is InChI=1S/C12H27O4P.Ir/c1-4-7-10-14-17(13,15-11-8-5-2)16-12-9-6-3;/h4-12H2,1-3H3;. The SMILES string of the molecule is CCCCOP(=O)(OCCCC)OCCCC.[Ir]. The zero-order chi connectivity index (χ0) is 13.0. The van der Waals surface area contributed by atoms with Gasteiger partial charge in [-0.05, 0) is 19.3 Å². The normalized spacial score (nSPS) is 11.3. The fraction of sp³-hybridized carbons (Fsp3) is 1.00. The Balaban J connectivity index is 0. The molecule has 113 valence electrons. The fourth-order valence-electron chi connectivity index (χ4n) is 1.07. The first kappa shape index (κ1) is 21.1. The van der Waals surface area contributed by atoms with Crippen LogP contribution in [0.25, 0.3) is 0 Å². The largest absolute Gasteiger partial charge is 0.474 e. The molecule has 0 unspecified atom stereocenters. The fourth-order valence-corrected chi connectivity index (χ4v) is 2.36. The van der Waals surface area contributed by atoms with E-state index in [2.05, 4.69) is 20.8 Å². The van der Waals surface area contributed by atoms with Crippen molar-refractivity contribution in [3.8, 4) is 0 Å². The first-order valence-corrected chi connectivity index (χ1v) is 8.18. The van der Waals surface area contributed by atoms with E-state index >= 15 is 0 Å². The van der Waals surface area contributed by atoms with Gasteiger partial charge >= 0.3 is 7.82 Å². The van der Waals surface area contributed by atoms with Gasteiger partial charge in [-0.3, -0.25) is 13.6 Å². The van der Waals surface area contributed by atoms with E-state index in [9.17, 15) is 4.57 Å². The van der Waals surface area contributed by atoms with E-state index in [-0.39, 0.29) is 20.1 Å². The number of hydrogen-bond donors (Lipinski definition) is 0. The van der Waals surface area contributed by atoms with Crippen molar-refractivity contribution in [2.24, 2.45) is 0 Å². The summed E-state index contributed by atoms with van der Waals surface area (Å²) >= 11 is 0. The van der Waals surface area contributed by atoms with E-state index in [4.69, 9.17) is 13.6 Å². The Hall–Kier alpha value is 0.759. The topological polar surface area (TPSA) is 44.8 Å². The van der Waals surface area contributed by atoms with Gasteiger partial charge in [0.25, 0.3) is 0 Å². The Morgan fingerprint density at radius 3 is 1.22 bits per heavy atom. The second-order valence-electron chi connectivity index (χ2n) is 4.01. The third-order valence-electron chi connectivity index (χ3n) is 2.24. The molecule has 0 aliphatic heterocycles. The summed E-state index contributed by atoms with van der Waals surface area (Å²) < 4.78 is 28.0. The summed E-state index contributed by atoms with van der Waals surface area (Å²) in [6.45, 7) is 7.49. The van der Waals surface area contributed by atoms with Crippen molar-refractivity contribution in [2.75, 3.05) is 19.8 Å². The van der Waals surface area contributed by atoms with E-state index in [1.165, 1.54) is 0 Å². The maximum Gasteiger partial charge on any atom is 0.474 e. The molecule has 0 rings (SSSR count). The predicted molar refractivity (Wildman–Crippen MR) is 70.2 cm³/mol. The van der Waals surface area contributed by atoms with Gasteiger partial charge in [-0.15, -0.1) is 0 Å². The molecule has 0 aromatic carbocycles. The van der Waals surface area contributed by atoms with Gasteiger partial charge < -0.3 is 0 Å². The van der Waals surface area contributed by atoms with Crippen LogP contribution in [0.3, 0.4) is 0 Å². The van der Waals surface area contributed by atoms with Crippen LogP contribution in [-0.4, -0.2) is 19.8 Å². The van der Waals surface area contributed by atoms with E-state index in [1.807, 2.05) is 0 Å². The molecule has 0 aliphatic carbocycles. The number of unbranched alkanes of at least 4 members (excludes halogenated alkanes) is 3. The Morgan fingerprint density at radius 1 is 0.722 bits per heavy atom. The number of hydrogen-bond acceptors (Lipinski definition) is 4. The predicted octanol–water partition coefficient (Wildman–Crippen LogP) is 4.54. The molecule has 0 spiro atoms. The maximum absolute atomic E-state index is 12.2. The van der Waals surface area contributed by atoms with Crippen LogP contribution in [0.1, 0.15) is 59.3 Å². The Kier molecular flexibility index (Phi) is 16.6. The smallest absolute Gasteiger partial charge is 0.287 e. The van der Waals surface area contributed by atoms with E-state index < -0.39 is 7.82 Å². The van der Waals surface area contributed by atoms with Crippen molar-refractivity contribution >= 4 is 7.82 Å². The second kappa shape index (κ2) is 14.2. The minimum absolute atomic E-state index is 0. The van der Waals surface area contributed by atoms with Gasteiger partial charge in [-0.1, -0.05) is 40.0 Å². The molecular formula is C12H27IrO4P. The molecule has 18 heavy (non-hydrogen) atoms. The molecule has 0 saturated heterocycles. The van der Waals surface area contributed by atoms with Crippen LogP contribution in [0.2, 0.25) is 0 Å². The third-order valence-corrected chi connectivity index (χ3v) is 3.74. The van der Waals surface area contributed by atoms with Crippen molar-refractivity contribution in [1.29, 1.82) is 0 Å². The van der Waals surface area contributed by atoms with Gasteiger partial charge in [0, 0.05) is 20.1 Å². The van der Waals surface area contributed by atoms with Crippen molar-refractivity contribution in [1.82, 2.24) is 0 Å². The number of rotatable bonds is 12. The van der Waals surface area contributed by atoms with Gasteiger partial charge in [0.05, 0.1) is 19.8 Å². The minimum Gasteiger partial charge on any atom is -0.287 e. The molecule has 0 atom stereocenters. The van der Waals surface area contributed by atoms with Gasteiger partial charge in [-0.25, -0.2) is 4.57 Å². The molecule has 0 aliphatic rings. The van der Waals surface area contributed by atoms with Gasteiger partial charge in [0.1, 0.15) is 0 Å². The molecule has 0 saturated carbocycles. The van der Waals surface area contributed by atoms with Crippen LogP contribution in [0, 0.1) is 0 Å². The molecule has 0 aromatic rings.